The monoisotopic (exact) mass is 372 g/mol. The number of thiazole rings is 1. The number of aromatic nitrogens is 1. The molecule has 0 radical (unpaired) electrons. The van der Waals surface area contributed by atoms with Crippen LogP contribution in [0.1, 0.15) is 70.9 Å². The second-order valence-corrected chi connectivity index (χ2v) is 9.41. The SMILES string of the molecule is CC(=O)Nc1nc(/C=C/c2cc(C(C)(C)C)c(O)c(C(C)(C)C)c2)cs1. The Kier molecular flexibility index (Phi) is 5.61. The summed E-state index contributed by atoms with van der Waals surface area (Å²) in [5.41, 5.74) is 3.36. The number of phenols is 1. The number of benzene rings is 1. The maximum Gasteiger partial charge on any atom is 0.223 e. The summed E-state index contributed by atoms with van der Waals surface area (Å²) in [5, 5.41) is 16.0. The van der Waals surface area contributed by atoms with E-state index < -0.39 is 0 Å². The van der Waals surface area contributed by atoms with Gasteiger partial charge in [0, 0.05) is 23.4 Å². The Balaban J connectivity index is 2.43. The molecule has 0 aliphatic rings. The lowest BCUT2D eigenvalue weighted by atomic mass is 9.78. The van der Waals surface area contributed by atoms with Gasteiger partial charge in [0.15, 0.2) is 5.13 Å². The van der Waals surface area contributed by atoms with E-state index in [-0.39, 0.29) is 16.7 Å². The number of nitrogens with one attached hydrogen (secondary N) is 1. The molecule has 140 valence electrons. The fraction of sp³-hybridized carbons (Fsp3) is 0.429. The minimum atomic E-state index is -0.160. The summed E-state index contributed by atoms with van der Waals surface area (Å²) in [7, 11) is 0. The first-order chi connectivity index (χ1) is 11.9. The molecule has 26 heavy (non-hydrogen) atoms. The van der Waals surface area contributed by atoms with Crippen LogP contribution < -0.4 is 5.32 Å². The number of phenolic OH excluding ortho intramolecular Hbond substituents is 1. The number of carbonyl (C=O) groups is 1. The zero-order valence-corrected chi connectivity index (χ0v) is 17.4. The first kappa shape index (κ1) is 20.2. The van der Waals surface area contributed by atoms with Crippen LogP contribution in [0.3, 0.4) is 0 Å². The van der Waals surface area contributed by atoms with E-state index in [1.807, 2.05) is 29.7 Å². The number of carbonyl (C=O) groups excluding carboxylic acids is 1. The van der Waals surface area contributed by atoms with Crippen molar-refractivity contribution in [3.63, 3.8) is 0 Å². The van der Waals surface area contributed by atoms with Gasteiger partial charge in [-0.2, -0.15) is 0 Å². The first-order valence-corrected chi connectivity index (χ1v) is 9.55. The third-order valence-corrected chi connectivity index (χ3v) is 4.78. The molecule has 0 aliphatic carbocycles. The van der Waals surface area contributed by atoms with Gasteiger partial charge in [0.1, 0.15) is 5.75 Å². The van der Waals surface area contributed by atoms with Crippen molar-refractivity contribution in [1.29, 1.82) is 0 Å². The lowest BCUT2D eigenvalue weighted by Crippen LogP contribution is -2.17. The Labute approximate surface area is 160 Å². The number of hydrogen-bond acceptors (Lipinski definition) is 4. The summed E-state index contributed by atoms with van der Waals surface area (Å²) in [6.45, 7) is 14.1. The maximum absolute atomic E-state index is 11.1. The summed E-state index contributed by atoms with van der Waals surface area (Å²) in [5.74, 6) is 0.252. The topological polar surface area (TPSA) is 62.2 Å². The van der Waals surface area contributed by atoms with Gasteiger partial charge in [-0.3, -0.25) is 4.79 Å². The average molecular weight is 373 g/mol. The van der Waals surface area contributed by atoms with Crippen molar-refractivity contribution in [3.05, 3.63) is 39.9 Å². The summed E-state index contributed by atoms with van der Waals surface area (Å²) in [6, 6.07) is 4.06. The van der Waals surface area contributed by atoms with E-state index in [2.05, 4.69) is 51.8 Å². The molecule has 1 heterocycles. The molecule has 0 spiro atoms. The van der Waals surface area contributed by atoms with E-state index >= 15 is 0 Å². The predicted molar refractivity (Wildman–Crippen MR) is 111 cm³/mol. The molecule has 0 saturated carbocycles. The highest BCUT2D eigenvalue weighted by atomic mass is 32.1. The van der Waals surface area contributed by atoms with Crippen LogP contribution in [0.2, 0.25) is 0 Å². The van der Waals surface area contributed by atoms with E-state index in [1.54, 1.807) is 0 Å². The van der Waals surface area contributed by atoms with Crippen LogP contribution in [0.5, 0.6) is 5.75 Å². The largest absolute Gasteiger partial charge is 0.507 e. The number of rotatable bonds is 3. The molecule has 0 aliphatic heterocycles. The normalized spacial score (nSPS) is 12.6. The Hall–Kier alpha value is -2.14. The second-order valence-electron chi connectivity index (χ2n) is 8.56. The molecule has 1 aromatic heterocycles. The number of aromatic hydroxyl groups is 1. The van der Waals surface area contributed by atoms with Crippen LogP contribution in [-0.4, -0.2) is 16.0 Å². The molecule has 2 N–H and O–H groups in total. The smallest absolute Gasteiger partial charge is 0.223 e. The van der Waals surface area contributed by atoms with Gasteiger partial charge in [-0.25, -0.2) is 4.98 Å². The molecule has 2 rings (SSSR count). The molecule has 2 aromatic rings. The van der Waals surface area contributed by atoms with Crippen molar-refractivity contribution in [3.8, 4) is 5.75 Å². The van der Waals surface area contributed by atoms with Crippen LogP contribution in [0.4, 0.5) is 5.13 Å². The van der Waals surface area contributed by atoms with Crippen LogP contribution in [-0.2, 0) is 15.6 Å². The van der Waals surface area contributed by atoms with Gasteiger partial charge in [-0.05, 0) is 34.6 Å². The van der Waals surface area contributed by atoms with Crippen molar-refractivity contribution >= 4 is 34.5 Å². The summed E-state index contributed by atoms with van der Waals surface area (Å²) < 4.78 is 0. The van der Waals surface area contributed by atoms with E-state index in [4.69, 9.17) is 0 Å². The molecule has 0 unspecified atom stereocenters. The zero-order chi connectivity index (χ0) is 19.7. The molecular formula is C21H28N2O2S. The Bertz CT molecular complexity index is 801. The number of anilines is 1. The number of nitrogens with zero attached hydrogens (tertiary/aromatic N) is 1. The molecule has 5 heteroatoms. The Morgan fingerprint density at radius 3 is 2.08 bits per heavy atom. The van der Waals surface area contributed by atoms with E-state index in [9.17, 15) is 9.90 Å². The standard InChI is InChI=1S/C21H28N2O2S/c1-13(24)22-19-23-15(12-26-19)9-8-14-10-16(20(2,3)4)18(25)17(11-14)21(5,6)7/h8-12,25H,1-7H3,(H,22,23,24)/b9-8+. The zero-order valence-electron chi connectivity index (χ0n) is 16.6. The average Bonchev–Trinajstić information content (AvgIpc) is 2.90. The Morgan fingerprint density at radius 2 is 1.62 bits per heavy atom. The highest BCUT2D eigenvalue weighted by Crippen LogP contribution is 2.40. The van der Waals surface area contributed by atoms with E-state index in [0.29, 0.717) is 10.9 Å². The third-order valence-electron chi connectivity index (χ3n) is 4.00. The summed E-state index contributed by atoms with van der Waals surface area (Å²) in [6.07, 6.45) is 3.92. The van der Waals surface area contributed by atoms with Gasteiger partial charge in [0.25, 0.3) is 0 Å². The van der Waals surface area contributed by atoms with Crippen LogP contribution in [0.15, 0.2) is 17.5 Å². The van der Waals surface area contributed by atoms with Crippen LogP contribution >= 0.6 is 11.3 Å². The van der Waals surface area contributed by atoms with E-state index in [0.717, 1.165) is 22.4 Å². The van der Waals surface area contributed by atoms with Crippen molar-refractivity contribution in [1.82, 2.24) is 4.98 Å². The fourth-order valence-electron chi connectivity index (χ4n) is 2.65. The van der Waals surface area contributed by atoms with Crippen LogP contribution in [0.25, 0.3) is 12.2 Å². The van der Waals surface area contributed by atoms with Gasteiger partial charge in [0.05, 0.1) is 5.69 Å². The maximum atomic E-state index is 11.1. The first-order valence-electron chi connectivity index (χ1n) is 8.67. The molecule has 0 bridgehead atoms. The van der Waals surface area contributed by atoms with Crippen LogP contribution in [0, 0.1) is 0 Å². The molecule has 1 aromatic carbocycles. The molecular weight excluding hydrogens is 344 g/mol. The fourth-order valence-corrected chi connectivity index (χ4v) is 3.37. The van der Waals surface area contributed by atoms with Gasteiger partial charge >= 0.3 is 0 Å². The van der Waals surface area contributed by atoms with Crippen molar-refractivity contribution in [2.45, 2.75) is 59.3 Å². The highest BCUT2D eigenvalue weighted by Gasteiger charge is 2.26. The molecule has 0 saturated heterocycles. The molecule has 0 atom stereocenters. The lowest BCUT2D eigenvalue weighted by molar-refractivity contribution is -0.114. The van der Waals surface area contributed by atoms with E-state index in [1.165, 1.54) is 18.3 Å². The number of hydrogen-bond donors (Lipinski definition) is 2. The van der Waals surface area contributed by atoms with Crippen molar-refractivity contribution in [2.24, 2.45) is 0 Å². The lowest BCUT2D eigenvalue weighted by Gasteiger charge is -2.27. The molecule has 4 nitrogen and oxygen atoms in total. The third kappa shape index (κ3) is 4.94. The van der Waals surface area contributed by atoms with Crippen molar-refractivity contribution in [2.75, 3.05) is 5.32 Å². The van der Waals surface area contributed by atoms with Gasteiger partial charge in [-0.15, -0.1) is 11.3 Å². The summed E-state index contributed by atoms with van der Waals surface area (Å²) >= 11 is 1.40. The quantitative estimate of drug-likeness (QED) is 0.740. The Morgan fingerprint density at radius 1 is 1.08 bits per heavy atom. The second kappa shape index (κ2) is 7.23. The van der Waals surface area contributed by atoms with Gasteiger partial charge < -0.3 is 10.4 Å². The number of amides is 1. The molecule has 0 fully saturated rings. The predicted octanol–water partition coefficient (Wildman–Crippen LogP) is 5.57. The molecule has 1 amide bonds. The highest BCUT2D eigenvalue weighted by molar-refractivity contribution is 7.14. The van der Waals surface area contributed by atoms with Gasteiger partial charge in [0.2, 0.25) is 5.91 Å². The van der Waals surface area contributed by atoms with Crippen molar-refractivity contribution < 1.29 is 9.90 Å². The summed E-state index contributed by atoms with van der Waals surface area (Å²) in [4.78, 5) is 15.5. The minimum Gasteiger partial charge on any atom is -0.507 e. The van der Waals surface area contributed by atoms with Gasteiger partial charge in [-0.1, -0.05) is 47.6 Å². The minimum absolute atomic E-state index is 0.127.